The van der Waals surface area contributed by atoms with E-state index in [1.54, 1.807) is 11.3 Å². The highest BCUT2D eigenvalue weighted by Gasteiger charge is 2.22. The Morgan fingerprint density at radius 3 is 2.27 bits per heavy atom. The van der Waals surface area contributed by atoms with E-state index in [2.05, 4.69) is 69.5 Å². The number of rotatable bonds is 6. The number of carbonyl (C=O) groups excluding carboxylic acids is 1. The number of anilines is 1. The van der Waals surface area contributed by atoms with Gasteiger partial charge in [-0.3, -0.25) is 9.69 Å². The van der Waals surface area contributed by atoms with E-state index in [9.17, 15) is 4.79 Å². The molecular weight excluding hydrogens is 424 g/mol. The summed E-state index contributed by atoms with van der Waals surface area (Å²) in [4.78, 5) is 20.1. The minimum Gasteiger partial charge on any atom is -0.284 e. The van der Waals surface area contributed by atoms with Gasteiger partial charge in [-0.05, 0) is 53.9 Å². The number of hydrogen-bond donors (Lipinski definition) is 0. The topological polar surface area (TPSA) is 33.2 Å². The third-order valence-corrected chi connectivity index (χ3v) is 7.56. The molecule has 0 N–H and O–H groups in total. The Hall–Kier alpha value is -2.46. The first-order chi connectivity index (χ1) is 15.9. The monoisotopic (exact) mass is 460 g/mol. The zero-order valence-electron chi connectivity index (χ0n) is 20.4. The van der Waals surface area contributed by atoms with Gasteiger partial charge in [0.05, 0.1) is 5.69 Å². The van der Waals surface area contributed by atoms with E-state index in [-0.39, 0.29) is 11.3 Å². The van der Waals surface area contributed by atoms with Crippen LogP contribution in [0.25, 0.3) is 11.3 Å². The van der Waals surface area contributed by atoms with Crippen LogP contribution >= 0.6 is 11.3 Å². The van der Waals surface area contributed by atoms with Gasteiger partial charge in [-0.2, -0.15) is 0 Å². The molecule has 0 bridgehead atoms. The summed E-state index contributed by atoms with van der Waals surface area (Å²) in [5.41, 5.74) is 5.54. The molecule has 0 saturated heterocycles. The highest BCUT2D eigenvalue weighted by atomic mass is 32.1. The molecule has 1 fully saturated rings. The third kappa shape index (κ3) is 5.55. The molecule has 2 aromatic carbocycles. The van der Waals surface area contributed by atoms with Crippen LogP contribution in [0.15, 0.2) is 53.9 Å². The summed E-state index contributed by atoms with van der Waals surface area (Å²) in [5, 5.41) is 2.84. The minimum absolute atomic E-state index is 0.0193. The van der Waals surface area contributed by atoms with Crippen molar-refractivity contribution in [2.45, 2.75) is 77.6 Å². The standard InChI is InChI=1S/C29H36N2OS/c1-5-19-31(27(32)24-15-17-25(18-16-24)29(2,3)4)28-30-26(20-33-28)23-13-11-22(12-14-23)21-9-7-6-8-10-21/h11-18,20-21H,5-10,19H2,1-4H3. The number of nitrogens with zero attached hydrogens (tertiary/aromatic N) is 2. The average molecular weight is 461 g/mol. The largest absolute Gasteiger partial charge is 0.284 e. The molecule has 1 saturated carbocycles. The molecule has 0 atom stereocenters. The van der Waals surface area contributed by atoms with Gasteiger partial charge in [-0.25, -0.2) is 4.98 Å². The van der Waals surface area contributed by atoms with Crippen molar-refractivity contribution in [2.75, 3.05) is 11.4 Å². The van der Waals surface area contributed by atoms with E-state index in [0.717, 1.165) is 22.8 Å². The number of hydrogen-bond acceptors (Lipinski definition) is 3. The van der Waals surface area contributed by atoms with Gasteiger partial charge in [0.25, 0.3) is 5.91 Å². The molecular formula is C29H36N2OS. The van der Waals surface area contributed by atoms with Gasteiger partial charge in [0.15, 0.2) is 5.13 Å². The fourth-order valence-corrected chi connectivity index (χ4v) is 5.52. The van der Waals surface area contributed by atoms with Crippen LogP contribution in [0, 0.1) is 0 Å². The Kier molecular flexibility index (Phi) is 7.33. The van der Waals surface area contributed by atoms with E-state index in [1.807, 2.05) is 17.0 Å². The van der Waals surface area contributed by atoms with Crippen LogP contribution in [0.2, 0.25) is 0 Å². The second-order valence-electron chi connectivity index (χ2n) is 10.3. The van der Waals surface area contributed by atoms with Gasteiger partial charge in [0, 0.05) is 23.1 Å². The molecule has 1 aliphatic rings. The number of carbonyl (C=O) groups is 1. The summed E-state index contributed by atoms with van der Waals surface area (Å²) in [5.74, 6) is 0.729. The molecule has 3 nitrogen and oxygen atoms in total. The summed E-state index contributed by atoms with van der Waals surface area (Å²) < 4.78 is 0. The zero-order valence-corrected chi connectivity index (χ0v) is 21.3. The van der Waals surface area contributed by atoms with Crippen LogP contribution in [0.5, 0.6) is 0 Å². The summed E-state index contributed by atoms with van der Waals surface area (Å²) in [6.45, 7) is 9.32. The van der Waals surface area contributed by atoms with Crippen molar-refractivity contribution >= 4 is 22.4 Å². The molecule has 174 valence electrons. The Morgan fingerprint density at radius 2 is 1.67 bits per heavy atom. The fraction of sp³-hybridized carbons (Fsp3) is 0.448. The number of benzene rings is 2. The van der Waals surface area contributed by atoms with E-state index in [0.29, 0.717) is 18.0 Å². The van der Waals surface area contributed by atoms with Gasteiger partial charge < -0.3 is 0 Å². The second-order valence-corrected chi connectivity index (χ2v) is 11.1. The Labute approximate surface area is 202 Å². The lowest BCUT2D eigenvalue weighted by Crippen LogP contribution is -2.31. The maximum Gasteiger partial charge on any atom is 0.260 e. The molecule has 0 aliphatic heterocycles. The predicted octanol–water partition coefficient (Wildman–Crippen LogP) is 8.21. The number of amides is 1. The predicted molar refractivity (Wildman–Crippen MR) is 140 cm³/mol. The SMILES string of the molecule is CCCN(C(=O)c1ccc(C(C)(C)C)cc1)c1nc(-c2ccc(C3CCCCC3)cc2)cs1. The van der Waals surface area contributed by atoms with Crippen molar-refractivity contribution in [3.05, 3.63) is 70.6 Å². The first-order valence-electron chi connectivity index (χ1n) is 12.3. The molecule has 33 heavy (non-hydrogen) atoms. The molecule has 3 aromatic rings. The Bertz CT molecular complexity index is 1050. The Morgan fingerprint density at radius 1 is 1.00 bits per heavy atom. The number of aromatic nitrogens is 1. The molecule has 1 aliphatic carbocycles. The normalized spacial score (nSPS) is 14.9. The molecule has 0 unspecified atom stereocenters. The van der Waals surface area contributed by atoms with E-state index >= 15 is 0 Å². The highest BCUT2D eigenvalue weighted by molar-refractivity contribution is 7.14. The summed E-state index contributed by atoms with van der Waals surface area (Å²) in [6.07, 6.45) is 7.58. The lowest BCUT2D eigenvalue weighted by molar-refractivity contribution is 0.0987. The summed E-state index contributed by atoms with van der Waals surface area (Å²) in [6, 6.07) is 17.0. The first-order valence-corrected chi connectivity index (χ1v) is 13.2. The minimum atomic E-state index is 0.0193. The molecule has 0 radical (unpaired) electrons. The molecule has 1 amide bonds. The van der Waals surface area contributed by atoms with Gasteiger partial charge in [0.2, 0.25) is 0 Å². The molecule has 1 heterocycles. The van der Waals surface area contributed by atoms with Crippen molar-refractivity contribution in [3.63, 3.8) is 0 Å². The molecule has 4 rings (SSSR count). The smallest absolute Gasteiger partial charge is 0.260 e. The lowest BCUT2D eigenvalue weighted by Gasteiger charge is -2.22. The van der Waals surface area contributed by atoms with Gasteiger partial charge in [-0.15, -0.1) is 11.3 Å². The second kappa shape index (κ2) is 10.2. The van der Waals surface area contributed by atoms with Gasteiger partial charge in [-0.1, -0.05) is 83.4 Å². The van der Waals surface area contributed by atoms with E-state index in [1.165, 1.54) is 43.2 Å². The zero-order chi connectivity index (χ0) is 23.4. The van der Waals surface area contributed by atoms with Crippen molar-refractivity contribution in [2.24, 2.45) is 0 Å². The maximum absolute atomic E-state index is 13.4. The molecule has 0 spiro atoms. The van der Waals surface area contributed by atoms with E-state index < -0.39 is 0 Å². The molecule has 1 aromatic heterocycles. The van der Waals surface area contributed by atoms with Crippen LogP contribution in [0.4, 0.5) is 5.13 Å². The van der Waals surface area contributed by atoms with Crippen LogP contribution in [0.1, 0.15) is 93.6 Å². The van der Waals surface area contributed by atoms with Crippen LogP contribution in [-0.4, -0.2) is 17.4 Å². The van der Waals surface area contributed by atoms with Crippen LogP contribution in [0.3, 0.4) is 0 Å². The maximum atomic E-state index is 13.4. The molecule has 4 heteroatoms. The van der Waals surface area contributed by atoms with E-state index in [4.69, 9.17) is 4.98 Å². The highest BCUT2D eigenvalue weighted by Crippen LogP contribution is 2.34. The van der Waals surface area contributed by atoms with Gasteiger partial charge in [0.1, 0.15) is 0 Å². The number of thiazole rings is 1. The summed E-state index contributed by atoms with van der Waals surface area (Å²) in [7, 11) is 0. The summed E-state index contributed by atoms with van der Waals surface area (Å²) >= 11 is 1.55. The van der Waals surface area contributed by atoms with Crippen molar-refractivity contribution < 1.29 is 4.79 Å². The third-order valence-electron chi connectivity index (χ3n) is 6.70. The quantitative estimate of drug-likeness (QED) is 0.371. The van der Waals surface area contributed by atoms with Crippen molar-refractivity contribution in [1.82, 2.24) is 4.98 Å². The van der Waals surface area contributed by atoms with Gasteiger partial charge >= 0.3 is 0 Å². The van der Waals surface area contributed by atoms with Crippen molar-refractivity contribution in [3.8, 4) is 11.3 Å². The average Bonchev–Trinajstić information content (AvgIpc) is 3.32. The Balaban J connectivity index is 1.52. The van der Waals surface area contributed by atoms with Crippen LogP contribution in [-0.2, 0) is 5.41 Å². The van der Waals surface area contributed by atoms with Crippen LogP contribution < -0.4 is 4.90 Å². The van der Waals surface area contributed by atoms with Crippen molar-refractivity contribution in [1.29, 1.82) is 0 Å². The fourth-order valence-electron chi connectivity index (χ4n) is 4.66. The lowest BCUT2D eigenvalue weighted by atomic mass is 9.84. The first kappa shape index (κ1) is 23.7.